The Morgan fingerprint density at radius 1 is 0.327 bits per heavy atom. The second-order valence-corrected chi connectivity index (χ2v) is 17.0. The zero-order valence-corrected chi connectivity index (χ0v) is 51.2. The Labute approximate surface area is 602 Å². The van der Waals surface area contributed by atoms with E-state index in [9.17, 15) is 58.6 Å². The Bertz CT molecular complexity index is 2920. The van der Waals surface area contributed by atoms with Crippen LogP contribution in [0.5, 0.6) is 11.5 Å². The molecule has 588 valence electrons. The maximum absolute atomic E-state index is 11.7. The number of rotatable bonds is 46. The predicted molar refractivity (Wildman–Crippen MR) is 370 cm³/mol. The van der Waals surface area contributed by atoms with Crippen molar-refractivity contribution in [3.05, 3.63) is 117 Å². The minimum atomic E-state index is -0.980. The minimum absolute atomic E-state index is 0. The van der Waals surface area contributed by atoms with Crippen LogP contribution in [-0.4, -0.2) is 249 Å². The average Bonchev–Trinajstić information content (AvgIpc) is 1.70. The molecule has 2 heterocycles. The molecule has 6 rings (SSSR count). The number of hydrogen-bond donors (Lipinski definition) is 0. The molecule has 0 atom stereocenters. The first-order valence-electron chi connectivity index (χ1n) is 28.2. The van der Waals surface area contributed by atoms with Gasteiger partial charge >= 0.3 is 24.6 Å². The Morgan fingerprint density at radius 3 is 0.808 bits per heavy atom. The molecule has 2 aromatic heterocycles. The minimum Gasteiger partial charge on any atom is -0.465 e. The first kappa shape index (κ1) is 104. The number of carbonyl (C=O) groups excluding carboxylic acids is 8. The SMILES string of the molecule is C.C.C.C.C.C.C.C.O=C(OCCOCCOCCOC(=O)Oc1ccc([N+](=O)[O-])cc1)Oc1ccc([N+](=O)[O-])cc1.O=C(OCCOCCOCCOC(=O)On1nnc2ccccc21)On1nnc2ccccc21.O=COCCOCCOCCOC=O.O=COCCOCCOCCOC=O. The number of nitro groups is 2. The fraction of sp³-hybridized carbons (Fsp3) is 0.500. The zero-order chi connectivity index (χ0) is 69.3. The van der Waals surface area contributed by atoms with E-state index < -0.39 is 34.5 Å². The molecule has 0 saturated carbocycles. The molecule has 40 nitrogen and oxygen atoms in total. The third-order valence-corrected chi connectivity index (χ3v) is 10.4. The molecule has 0 bridgehead atoms. The molecule has 0 N–H and O–H groups in total. The molecule has 0 unspecified atom stereocenters. The quantitative estimate of drug-likeness (QED) is 0.00508. The van der Waals surface area contributed by atoms with E-state index in [1.807, 2.05) is 0 Å². The average molecular weight is 1490 g/mol. The molecule has 104 heavy (non-hydrogen) atoms. The Balaban J connectivity index is -0.000000323. The molecular formula is C64H100N8O32. The third kappa shape index (κ3) is 50.4. The normalized spacial score (nSPS) is 9.46. The molecule has 0 fully saturated rings. The maximum Gasteiger partial charge on any atom is 0.535 e. The molecule has 0 spiro atoms. The highest BCUT2D eigenvalue weighted by Crippen LogP contribution is 2.19. The van der Waals surface area contributed by atoms with E-state index in [1.54, 1.807) is 48.5 Å². The largest absolute Gasteiger partial charge is 0.535 e. The lowest BCUT2D eigenvalue weighted by molar-refractivity contribution is -0.385. The summed E-state index contributed by atoms with van der Waals surface area (Å²) in [5.74, 6) is 0.201. The lowest BCUT2D eigenvalue weighted by Crippen LogP contribution is -2.24. The lowest BCUT2D eigenvalue weighted by Gasteiger charge is -2.08. The number of non-ortho nitro benzene ring substituents is 2. The van der Waals surface area contributed by atoms with Crippen molar-refractivity contribution >= 4 is 84.0 Å². The van der Waals surface area contributed by atoms with Gasteiger partial charge in [-0.3, -0.25) is 49.1 Å². The Morgan fingerprint density at radius 2 is 0.558 bits per heavy atom. The second kappa shape index (κ2) is 69.2. The van der Waals surface area contributed by atoms with E-state index >= 15 is 0 Å². The summed E-state index contributed by atoms with van der Waals surface area (Å²) >= 11 is 0. The zero-order valence-electron chi connectivity index (χ0n) is 51.2. The molecule has 0 aliphatic heterocycles. The number of nitro benzene ring substituents is 2. The van der Waals surface area contributed by atoms with Crippen LogP contribution in [0.3, 0.4) is 0 Å². The number of carbonyl (C=O) groups is 8. The standard InChI is InChI=1S/C20H20N6O8.C20H20N2O12.2C8H14O6.8CH4/c27-19(33-25-17-7-3-1-5-15(17)21-23-25)31-13-11-29-9-10-30-12-14-32-20(28)34-26-18-8-4-2-6-16(18)22-24-26;23-19(33-17-5-1-15(2-6-17)21(25)26)31-13-11-29-9-10-30-12-14-32-20(24)34-18-7-3-16(4-8-18)22(27)28;2*9-7-13-5-3-11-1-2-12-4-6-14-8-10;;;;;;;;/h2*1-8H,9-14H2;2*7-8H,1-6H2;8*1H4. The number of nitrogens with zero attached hydrogens (tertiary/aromatic N) is 8. The molecule has 0 amide bonds. The van der Waals surface area contributed by atoms with Crippen LogP contribution in [0.15, 0.2) is 97.1 Å². The van der Waals surface area contributed by atoms with Crippen LogP contribution in [0, 0.1) is 20.2 Å². The number of hydrogen-bond acceptors (Lipinski definition) is 36. The molecule has 0 aliphatic rings. The Hall–Kier alpha value is -10.9. The van der Waals surface area contributed by atoms with Crippen LogP contribution < -0.4 is 19.1 Å². The van der Waals surface area contributed by atoms with Gasteiger partial charge in [-0.15, -0.1) is 10.2 Å². The summed E-state index contributed by atoms with van der Waals surface area (Å²) in [5.41, 5.74) is 1.98. The van der Waals surface area contributed by atoms with Crippen LogP contribution in [0.25, 0.3) is 22.1 Å². The van der Waals surface area contributed by atoms with Crippen molar-refractivity contribution in [3.63, 3.8) is 0 Å². The van der Waals surface area contributed by atoms with Crippen LogP contribution in [0.4, 0.5) is 30.6 Å². The van der Waals surface area contributed by atoms with Crippen molar-refractivity contribution < 1.29 is 143 Å². The predicted octanol–water partition coefficient (Wildman–Crippen LogP) is 8.13. The molecular weight excluding hydrogens is 1390 g/mol. The van der Waals surface area contributed by atoms with Crippen molar-refractivity contribution in [2.75, 3.05) is 159 Å². The van der Waals surface area contributed by atoms with Gasteiger partial charge in [0, 0.05) is 24.3 Å². The van der Waals surface area contributed by atoms with Crippen LogP contribution in [-0.2, 0) is 95.0 Å². The van der Waals surface area contributed by atoms with Gasteiger partial charge in [0.2, 0.25) is 0 Å². The van der Waals surface area contributed by atoms with Gasteiger partial charge in [0.25, 0.3) is 37.3 Å². The molecule has 40 heteroatoms. The summed E-state index contributed by atoms with van der Waals surface area (Å²) < 4.78 is 87.7. The number of aromatic nitrogens is 6. The van der Waals surface area contributed by atoms with E-state index in [1.165, 1.54) is 48.5 Å². The van der Waals surface area contributed by atoms with Crippen LogP contribution >= 0.6 is 0 Å². The first-order chi connectivity index (χ1) is 46.9. The van der Waals surface area contributed by atoms with Crippen molar-refractivity contribution in [3.8, 4) is 11.5 Å². The highest BCUT2D eigenvalue weighted by molar-refractivity contribution is 5.75. The van der Waals surface area contributed by atoms with Crippen molar-refractivity contribution in [1.29, 1.82) is 0 Å². The van der Waals surface area contributed by atoms with Gasteiger partial charge in [-0.1, -0.05) is 93.4 Å². The van der Waals surface area contributed by atoms with Gasteiger partial charge in [0.15, 0.2) is 0 Å². The first-order valence-corrected chi connectivity index (χ1v) is 28.2. The number of ether oxygens (including phenoxy) is 18. The van der Waals surface area contributed by atoms with E-state index in [-0.39, 0.29) is 188 Å². The summed E-state index contributed by atoms with van der Waals surface area (Å²) in [6.45, 7) is 6.71. The molecule has 6 aromatic rings. The summed E-state index contributed by atoms with van der Waals surface area (Å²) in [4.78, 5) is 117. The van der Waals surface area contributed by atoms with Gasteiger partial charge < -0.3 is 85.3 Å². The van der Waals surface area contributed by atoms with Gasteiger partial charge in [-0.25, -0.2) is 19.2 Å². The van der Waals surface area contributed by atoms with E-state index in [0.717, 1.165) is 9.69 Å². The highest BCUT2D eigenvalue weighted by Gasteiger charge is 2.14. The second-order valence-electron chi connectivity index (χ2n) is 17.0. The van der Waals surface area contributed by atoms with Gasteiger partial charge in [-0.2, -0.15) is 0 Å². The van der Waals surface area contributed by atoms with Gasteiger partial charge in [0.1, 0.15) is 86.4 Å². The Kier molecular flexibility index (Phi) is 69.3. The maximum atomic E-state index is 11.7. The molecule has 4 aromatic carbocycles. The number of benzene rings is 4. The molecule has 0 radical (unpaired) electrons. The summed E-state index contributed by atoms with van der Waals surface area (Å²) in [6, 6.07) is 23.9. The summed E-state index contributed by atoms with van der Waals surface area (Å²) in [5, 5.41) is 36.3. The van der Waals surface area contributed by atoms with E-state index in [0.29, 0.717) is 101 Å². The third-order valence-electron chi connectivity index (χ3n) is 10.4. The van der Waals surface area contributed by atoms with Gasteiger partial charge in [0.05, 0.1) is 116 Å². The number of fused-ring (bicyclic) bond motifs is 2. The molecule has 0 aliphatic carbocycles. The van der Waals surface area contributed by atoms with Gasteiger partial charge in [-0.05, 0) is 59.0 Å². The van der Waals surface area contributed by atoms with Crippen molar-refractivity contribution in [1.82, 2.24) is 30.3 Å². The number of para-hydroxylation sites is 2. The van der Waals surface area contributed by atoms with Crippen LogP contribution in [0.2, 0.25) is 0 Å². The topological polar surface area (TPSA) is 469 Å². The monoisotopic (exact) mass is 1490 g/mol. The van der Waals surface area contributed by atoms with Crippen molar-refractivity contribution in [2.24, 2.45) is 0 Å². The van der Waals surface area contributed by atoms with Crippen molar-refractivity contribution in [2.45, 2.75) is 59.4 Å². The smallest absolute Gasteiger partial charge is 0.465 e. The van der Waals surface area contributed by atoms with Crippen LogP contribution in [0.1, 0.15) is 59.4 Å². The fourth-order valence-electron chi connectivity index (χ4n) is 6.19. The van der Waals surface area contributed by atoms with E-state index in [2.05, 4.69) is 39.6 Å². The highest BCUT2D eigenvalue weighted by atomic mass is 16.8. The fourth-order valence-corrected chi connectivity index (χ4v) is 6.19. The lowest BCUT2D eigenvalue weighted by atomic mass is 10.3. The molecule has 0 saturated heterocycles. The summed E-state index contributed by atoms with van der Waals surface area (Å²) in [7, 11) is 0. The van der Waals surface area contributed by atoms with E-state index in [4.69, 9.17) is 76.0 Å². The summed E-state index contributed by atoms with van der Waals surface area (Å²) in [6.07, 6.45) is -3.82.